The van der Waals surface area contributed by atoms with Crippen molar-refractivity contribution in [3.63, 3.8) is 0 Å². The van der Waals surface area contributed by atoms with Gasteiger partial charge in [0, 0.05) is 12.2 Å². The molecule has 11 nitrogen and oxygen atoms in total. The Morgan fingerprint density at radius 1 is 0.875 bits per heavy atom. The maximum atomic E-state index is 12.9. The lowest BCUT2D eigenvalue weighted by atomic mass is 9.97. The van der Waals surface area contributed by atoms with E-state index in [1.54, 1.807) is 0 Å². The topological polar surface area (TPSA) is 188 Å². The van der Waals surface area contributed by atoms with Gasteiger partial charge >= 0.3 is 11.9 Å². The number of nitrogens with two attached hydrogens (primary N) is 1. The number of amides is 3. The first kappa shape index (κ1) is 29.7. The first-order valence-electron chi connectivity index (χ1n) is 10.6. The van der Waals surface area contributed by atoms with Gasteiger partial charge in [-0.2, -0.15) is 12.6 Å². The summed E-state index contributed by atoms with van der Waals surface area (Å²) in [6.45, 7) is 7.39. The summed E-state index contributed by atoms with van der Waals surface area (Å²) in [6.07, 6.45) is 0.229. The van der Waals surface area contributed by atoms with E-state index in [0.29, 0.717) is 6.42 Å². The number of thiol groups is 1. The van der Waals surface area contributed by atoms with Crippen LogP contribution in [0, 0.1) is 11.8 Å². The fourth-order valence-corrected chi connectivity index (χ4v) is 3.00. The van der Waals surface area contributed by atoms with Crippen molar-refractivity contribution in [1.82, 2.24) is 16.0 Å². The molecule has 12 heteroatoms. The number of carbonyl (C=O) groups excluding carboxylic acids is 3. The van der Waals surface area contributed by atoms with Crippen LogP contribution in [0.15, 0.2) is 0 Å². The molecule has 0 saturated heterocycles. The quantitative estimate of drug-likeness (QED) is 0.157. The first-order valence-corrected chi connectivity index (χ1v) is 11.2. The molecular formula is C20H36N4O7S. The van der Waals surface area contributed by atoms with E-state index >= 15 is 0 Å². The van der Waals surface area contributed by atoms with Crippen LogP contribution in [0.2, 0.25) is 0 Å². The molecule has 0 aliphatic heterocycles. The molecule has 0 aromatic rings. The lowest BCUT2D eigenvalue weighted by Gasteiger charge is -2.26. The summed E-state index contributed by atoms with van der Waals surface area (Å²) in [5, 5.41) is 25.3. The maximum absolute atomic E-state index is 12.9. The number of carboxylic acids is 2. The number of rotatable bonds is 15. The smallest absolute Gasteiger partial charge is 0.327 e. The number of hydrogen-bond acceptors (Lipinski definition) is 7. The molecule has 0 fully saturated rings. The molecule has 32 heavy (non-hydrogen) atoms. The van der Waals surface area contributed by atoms with Gasteiger partial charge in [-0.25, -0.2) is 4.79 Å². The molecule has 0 heterocycles. The number of hydrogen-bond donors (Lipinski definition) is 7. The minimum atomic E-state index is -1.32. The number of aliphatic carboxylic acids is 2. The van der Waals surface area contributed by atoms with E-state index < -0.39 is 60.2 Å². The molecule has 7 N–H and O–H groups in total. The Morgan fingerprint density at radius 2 is 1.38 bits per heavy atom. The first-order chi connectivity index (χ1) is 14.8. The fourth-order valence-electron chi connectivity index (χ4n) is 2.75. The van der Waals surface area contributed by atoms with Crippen molar-refractivity contribution in [2.24, 2.45) is 17.6 Å². The van der Waals surface area contributed by atoms with Crippen molar-refractivity contribution in [2.75, 3.05) is 5.75 Å². The highest BCUT2D eigenvalue weighted by Crippen LogP contribution is 2.10. The van der Waals surface area contributed by atoms with Crippen LogP contribution in [0.1, 0.15) is 53.4 Å². The maximum Gasteiger partial charge on any atom is 0.327 e. The molecule has 0 aromatic heterocycles. The van der Waals surface area contributed by atoms with Crippen molar-refractivity contribution in [1.29, 1.82) is 0 Å². The van der Waals surface area contributed by atoms with Gasteiger partial charge in [-0.05, 0) is 24.7 Å². The normalized spacial score (nSPS) is 15.7. The average molecular weight is 477 g/mol. The molecule has 5 unspecified atom stereocenters. The summed E-state index contributed by atoms with van der Waals surface area (Å²) in [4.78, 5) is 60.1. The summed E-state index contributed by atoms with van der Waals surface area (Å²) in [5.74, 6) is -4.85. The molecule has 0 radical (unpaired) electrons. The van der Waals surface area contributed by atoms with Crippen LogP contribution in [-0.4, -0.2) is 69.8 Å². The third-order valence-electron chi connectivity index (χ3n) is 4.98. The second kappa shape index (κ2) is 14.7. The van der Waals surface area contributed by atoms with Crippen LogP contribution < -0.4 is 21.7 Å². The van der Waals surface area contributed by atoms with Crippen molar-refractivity contribution >= 4 is 42.3 Å². The second-order valence-corrected chi connectivity index (χ2v) is 8.54. The van der Waals surface area contributed by atoms with Gasteiger partial charge in [0.15, 0.2) is 0 Å². The largest absolute Gasteiger partial charge is 0.481 e. The minimum absolute atomic E-state index is 0.0118. The van der Waals surface area contributed by atoms with Gasteiger partial charge in [0.05, 0.1) is 6.04 Å². The van der Waals surface area contributed by atoms with Gasteiger partial charge in [-0.1, -0.05) is 34.1 Å². The van der Waals surface area contributed by atoms with Crippen LogP contribution in [-0.2, 0) is 24.0 Å². The highest BCUT2D eigenvalue weighted by atomic mass is 32.1. The number of nitrogens with one attached hydrogen (secondary N) is 3. The summed E-state index contributed by atoms with van der Waals surface area (Å²) >= 11 is 3.87. The predicted octanol–water partition coefficient (Wildman–Crippen LogP) is -0.260. The molecular weight excluding hydrogens is 440 g/mol. The predicted molar refractivity (Wildman–Crippen MR) is 121 cm³/mol. The summed E-state index contributed by atoms with van der Waals surface area (Å²) < 4.78 is 0. The number of carboxylic acid groups (broad SMARTS) is 2. The zero-order valence-corrected chi connectivity index (χ0v) is 19.9. The molecule has 0 aliphatic rings. The van der Waals surface area contributed by atoms with Crippen molar-refractivity contribution in [3.05, 3.63) is 0 Å². The van der Waals surface area contributed by atoms with Gasteiger partial charge < -0.3 is 31.9 Å². The average Bonchev–Trinajstić information content (AvgIpc) is 2.71. The van der Waals surface area contributed by atoms with Gasteiger partial charge in [0.2, 0.25) is 17.7 Å². The second-order valence-electron chi connectivity index (χ2n) is 8.18. The van der Waals surface area contributed by atoms with Crippen LogP contribution in [0.25, 0.3) is 0 Å². The zero-order valence-electron chi connectivity index (χ0n) is 19.0. The Bertz CT molecular complexity index is 674. The van der Waals surface area contributed by atoms with Gasteiger partial charge in [0.25, 0.3) is 0 Å². The van der Waals surface area contributed by atoms with Gasteiger partial charge in [0.1, 0.15) is 18.1 Å². The Morgan fingerprint density at radius 3 is 1.81 bits per heavy atom. The van der Waals surface area contributed by atoms with Crippen molar-refractivity contribution < 1.29 is 34.2 Å². The van der Waals surface area contributed by atoms with Gasteiger partial charge in [-0.15, -0.1) is 0 Å². The highest BCUT2D eigenvalue weighted by molar-refractivity contribution is 7.80. The Labute approximate surface area is 193 Å². The third kappa shape index (κ3) is 10.8. The van der Waals surface area contributed by atoms with Crippen LogP contribution >= 0.6 is 12.6 Å². The molecule has 0 bridgehead atoms. The monoisotopic (exact) mass is 476 g/mol. The highest BCUT2D eigenvalue weighted by Gasteiger charge is 2.31. The SMILES string of the molecule is CCC(C)C(N)C(=O)NC(CC(C)C)C(=O)NC(CCC(=O)O)C(=O)NC(CS)C(=O)O. The molecule has 184 valence electrons. The van der Waals surface area contributed by atoms with E-state index in [-0.39, 0.29) is 30.4 Å². The fraction of sp³-hybridized carbons (Fsp3) is 0.750. The van der Waals surface area contributed by atoms with E-state index in [1.807, 2.05) is 27.7 Å². The third-order valence-corrected chi connectivity index (χ3v) is 5.34. The summed E-state index contributed by atoms with van der Waals surface area (Å²) in [6, 6.07) is -4.44. The Balaban J connectivity index is 5.52. The van der Waals surface area contributed by atoms with Crippen molar-refractivity contribution in [3.8, 4) is 0 Å². The van der Waals surface area contributed by atoms with Crippen LogP contribution in [0.4, 0.5) is 0 Å². The zero-order chi connectivity index (χ0) is 25.0. The van der Waals surface area contributed by atoms with E-state index in [2.05, 4.69) is 28.6 Å². The van der Waals surface area contributed by atoms with E-state index in [0.717, 1.165) is 0 Å². The Kier molecular flexibility index (Phi) is 13.6. The molecule has 0 saturated carbocycles. The van der Waals surface area contributed by atoms with Crippen LogP contribution in [0.3, 0.4) is 0 Å². The molecule has 0 rings (SSSR count). The summed E-state index contributed by atoms with van der Waals surface area (Å²) in [5.41, 5.74) is 5.94. The minimum Gasteiger partial charge on any atom is -0.481 e. The van der Waals surface area contributed by atoms with E-state index in [4.69, 9.17) is 15.9 Å². The Hall–Kier alpha value is -2.34. The molecule has 0 aliphatic carbocycles. The lowest BCUT2D eigenvalue weighted by Crippen LogP contribution is -2.58. The van der Waals surface area contributed by atoms with Gasteiger partial charge in [-0.3, -0.25) is 19.2 Å². The van der Waals surface area contributed by atoms with Crippen molar-refractivity contribution in [2.45, 2.75) is 77.5 Å². The molecule has 5 atom stereocenters. The molecule has 0 spiro atoms. The molecule has 0 aromatic carbocycles. The lowest BCUT2D eigenvalue weighted by molar-refractivity contribution is -0.142. The number of carbonyl (C=O) groups is 5. The molecule has 3 amide bonds. The van der Waals surface area contributed by atoms with Crippen LogP contribution in [0.5, 0.6) is 0 Å². The summed E-state index contributed by atoms with van der Waals surface area (Å²) in [7, 11) is 0. The van der Waals surface area contributed by atoms with E-state index in [1.165, 1.54) is 0 Å². The standard InChI is InChI=1S/C20H36N4O7S/c1-5-11(4)16(21)19(29)23-13(8-10(2)3)18(28)22-12(6-7-15(25)26)17(27)24-14(9-32)20(30)31/h10-14,16,32H,5-9,21H2,1-4H3,(H,22,28)(H,23,29)(H,24,27)(H,25,26)(H,30,31). The van der Waals surface area contributed by atoms with E-state index in [9.17, 15) is 24.0 Å².